The van der Waals surface area contributed by atoms with Crippen LogP contribution in [0.3, 0.4) is 0 Å². The average Bonchev–Trinajstić information content (AvgIpc) is 2.54. The minimum atomic E-state index is -0.171. The van der Waals surface area contributed by atoms with E-state index in [2.05, 4.69) is 15.6 Å². The Balaban J connectivity index is 0.00000625. The zero-order chi connectivity index (χ0) is 19.0. The van der Waals surface area contributed by atoms with Crippen molar-refractivity contribution in [1.29, 1.82) is 0 Å². The zero-order valence-corrected chi connectivity index (χ0v) is 18.6. The maximum Gasteiger partial charge on any atom is 0.242 e. The smallest absolute Gasteiger partial charge is 0.242 e. The molecule has 1 heterocycles. The number of hydrogen-bond donors (Lipinski definition) is 2. The maximum atomic E-state index is 11.8. The largest absolute Gasteiger partial charge is 0.352 e. The fourth-order valence-electron chi connectivity index (χ4n) is 2.33. The number of guanidine groups is 1. The molecule has 1 aliphatic heterocycles. The summed E-state index contributed by atoms with van der Waals surface area (Å²) in [6.45, 7) is 7.81. The van der Waals surface area contributed by atoms with E-state index in [1.54, 1.807) is 25.9 Å². The predicted molar refractivity (Wildman–Crippen MR) is 112 cm³/mol. The second kappa shape index (κ2) is 11.9. The van der Waals surface area contributed by atoms with Gasteiger partial charge >= 0.3 is 0 Å². The monoisotopic (exact) mass is 482 g/mol. The molecule has 0 aromatic rings. The molecule has 10 heteroatoms. The van der Waals surface area contributed by atoms with Crippen LogP contribution in [0.1, 0.15) is 20.8 Å². The lowest BCUT2D eigenvalue weighted by Crippen LogP contribution is -2.54. The molecule has 0 aliphatic carbocycles. The van der Waals surface area contributed by atoms with Gasteiger partial charge in [-0.15, -0.1) is 24.0 Å². The van der Waals surface area contributed by atoms with E-state index in [9.17, 15) is 14.4 Å². The van der Waals surface area contributed by atoms with E-state index in [1.807, 2.05) is 18.7 Å². The molecule has 0 saturated carbocycles. The van der Waals surface area contributed by atoms with Gasteiger partial charge in [0.15, 0.2) is 5.96 Å². The van der Waals surface area contributed by atoms with E-state index < -0.39 is 0 Å². The number of halogens is 1. The first-order chi connectivity index (χ1) is 11.7. The van der Waals surface area contributed by atoms with Crippen molar-refractivity contribution >= 4 is 47.7 Å². The standard InChI is InChI=1S/C16H30N6O3.HI/c1-12(2)19-14(24)10-17-16(18-11-15(25)20(4)5)22-8-6-21(7-9-22)13(3)23;/h12H,6-11H2,1-5H3,(H,17,18)(H,19,24);1H. The third-order valence-corrected chi connectivity index (χ3v) is 3.74. The summed E-state index contributed by atoms with van der Waals surface area (Å²) < 4.78 is 0. The van der Waals surface area contributed by atoms with Crippen LogP contribution in [0, 0.1) is 0 Å². The van der Waals surface area contributed by atoms with Crippen molar-refractivity contribution in [3.8, 4) is 0 Å². The Kier molecular flexibility index (Phi) is 11.2. The van der Waals surface area contributed by atoms with Gasteiger partial charge in [0.05, 0.1) is 6.54 Å². The van der Waals surface area contributed by atoms with Gasteiger partial charge in [0.25, 0.3) is 0 Å². The number of carbonyl (C=O) groups is 3. The highest BCUT2D eigenvalue weighted by molar-refractivity contribution is 14.0. The first-order valence-corrected chi connectivity index (χ1v) is 8.49. The Morgan fingerprint density at radius 3 is 2.08 bits per heavy atom. The van der Waals surface area contributed by atoms with Gasteiger partial charge < -0.3 is 25.3 Å². The van der Waals surface area contributed by atoms with Crippen LogP contribution >= 0.6 is 24.0 Å². The molecule has 3 amide bonds. The average molecular weight is 482 g/mol. The number of rotatable bonds is 5. The van der Waals surface area contributed by atoms with Crippen LogP contribution in [-0.4, -0.2) is 97.8 Å². The van der Waals surface area contributed by atoms with Crippen LogP contribution in [0.5, 0.6) is 0 Å². The SMILES string of the molecule is CC(=O)N1CCN(C(=NCC(=O)NC(C)C)NCC(=O)N(C)C)CC1.I. The number of aliphatic imine (C=N–C) groups is 1. The molecular formula is C16H31IN6O3. The van der Waals surface area contributed by atoms with Gasteiger partial charge in [-0.05, 0) is 13.8 Å². The summed E-state index contributed by atoms with van der Waals surface area (Å²) in [6, 6.07) is 0.0496. The third kappa shape index (κ3) is 8.68. The molecule has 0 unspecified atom stereocenters. The number of carbonyl (C=O) groups excluding carboxylic acids is 3. The topological polar surface area (TPSA) is 97.4 Å². The molecule has 1 saturated heterocycles. The highest BCUT2D eigenvalue weighted by Crippen LogP contribution is 2.03. The van der Waals surface area contributed by atoms with Gasteiger partial charge in [-0.2, -0.15) is 0 Å². The van der Waals surface area contributed by atoms with Gasteiger partial charge in [0.2, 0.25) is 17.7 Å². The second-order valence-corrected chi connectivity index (χ2v) is 6.50. The fourth-order valence-corrected chi connectivity index (χ4v) is 2.33. The van der Waals surface area contributed by atoms with Crippen molar-refractivity contribution in [1.82, 2.24) is 25.3 Å². The summed E-state index contributed by atoms with van der Waals surface area (Å²) in [5.41, 5.74) is 0. The van der Waals surface area contributed by atoms with Crippen molar-refractivity contribution in [3.63, 3.8) is 0 Å². The highest BCUT2D eigenvalue weighted by atomic mass is 127. The van der Waals surface area contributed by atoms with Crippen molar-refractivity contribution in [2.24, 2.45) is 4.99 Å². The molecule has 150 valence electrons. The Labute approximate surface area is 172 Å². The molecule has 0 aromatic heterocycles. The molecule has 1 aliphatic rings. The lowest BCUT2D eigenvalue weighted by atomic mass is 10.3. The van der Waals surface area contributed by atoms with Crippen molar-refractivity contribution < 1.29 is 14.4 Å². The summed E-state index contributed by atoms with van der Waals surface area (Å²) in [4.78, 5) is 44.7. The van der Waals surface area contributed by atoms with E-state index in [4.69, 9.17) is 0 Å². The Morgan fingerprint density at radius 2 is 1.62 bits per heavy atom. The van der Waals surface area contributed by atoms with E-state index in [-0.39, 0.29) is 60.8 Å². The van der Waals surface area contributed by atoms with Crippen molar-refractivity contribution in [3.05, 3.63) is 0 Å². The molecule has 1 rings (SSSR count). The maximum absolute atomic E-state index is 11.8. The first kappa shape index (κ1) is 24.4. The summed E-state index contributed by atoms with van der Waals surface area (Å²) in [5, 5.41) is 5.81. The summed E-state index contributed by atoms with van der Waals surface area (Å²) in [7, 11) is 3.37. The Hall–Kier alpha value is -1.59. The van der Waals surface area contributed by atoms with E-state index in [0.29, 0.717) is 32.1 Å². The van der Waals surface area contributed by atoms with E-state index in [0.717, 1.165) is 0 Å². The molecule has 0 bridgehead atoms. The van der Waals surface area contributed by atoms with Crippen LogP contribution < -0.4 is 10.6 Å². The number of hydrogen-bond acceptors (Lipinski definition) is 4. The summed E-state index contributed by atoms with van der Waals surface area (Å²) >= 11 is 0. The van der Waals surface area contributed by atoms with Gasteiger partial charge in [-0.1, -0.05) is 0 Å². The normalized spacial score (nSPS) is 14.6. The quantitative estimate of drug-likeness (QED) is 0.308. The van der Waals surface area contributed by atoms with Gasteiger partial charge in [0.1, 0.15) is 6.54 Å². The van der Waals surface area contributed by atoms with Crippen molar-refractivity contribution in [2.45, 2.75) is 26.8 Å². The number of likely N-dealkylation sites (N-methyl/N-ethyl adjacent to an activating group) is 1. The van der Waals surface area contributed by atoms with Gasteiger partial charge in [-0.3, -0.25) is 14.4 Å². The Morgan fingerprint density at radius 1 is 1.08 bits per heavy atom. The Bertz CT molecular complexity index is 516. The number of amides is 3. The molecular weight excluding hydrogens is 451 g/mol. The fraction of sp³-hybridized carbons (Fsp3) is 0.750. The summed E-state index contributed by atoms with van der Waals surface area (Å²) in [5.74, 6) is 0.305. The van der Waals surface area contributed by atoms with Crippen LogP contribution in [0.15, 0.2) is 4.99 Å². The first-order valence-electron chi connectivity index (χ1n) is 8.49. The number of piperazine rings is 1. The van der Waals surface area contributed by atoms with Crippen molar-refractivity contribution in [2.75, 3.05) is 53.4 Å². The predicted octanol–water partition coefficient (Wildman–Crippen LogP) is -0.673. The third-order valence-electron chi connectivity index (χ3n) is 3.74. The molecule has 0 atom stereocenters. The van der Waals surface area contributed by atoms with Gasteiger partial charge in [-0.25, -0.2) is 4.99 Å². The molecule has 26 heavy (non-hydrogen) atoms. The van der Waals surface area contributed by atoms with E-state index >= 15 is 0 Å². The number of nitrogens with one attached hydrogen (secondary N) is 2. The zero-order valence-electron chi connectivity index (χ0n) is 16.2. The molecule has 0 radical (unpaired) electrons. The minimum Gasteiger partial charge on any atom is -0.352 e. The van der Waals surface area contributed by atoms with Crippen LogP contribution in [0.25, 0.3) is 0 Å². The lowest BCUT2D eigenvalue weighted by molar-refractivity contribution is -0.130. The number of nitrogens with zero attached hydrogens (tertiary/aromatic N) is 4. The highest BCUT2D eigenvalue weighted by Gasteiger charge is 2.22. The molecule has 1 fully saturated rings. The second-order valence-electron chi connectivity index (χ2n) is 6.50. The molecule has 9 nitrogen and oxygen atoms in total. The van der Waals surface area contributed by atoms with Gasteiger partial charge in [0, 0.05) is 53.2 Å². The summed E-state index contributed by atoms with van der Waals surface area (Å²) in [6.07, 6.45) is 0. The molecule has 0 spiro atoms. The molecule has 0 aromatic carbocycles. The lowest BCUT2D eigenvalue weighted by Gasteiger charge is -2.36. The van der Waals surface area contributed by atoms with Crippen LogP contribution in [0.2, 0.25) is 0 Å². The van der Waals surface area contributed by atoms with Crippen LogP contribution in [-0.2, 0) is 14.4 Å². The minimum absolute atomic E-state index is 0. The van der Waals surface area contributed by atoms with Crippen LogP contribution in [0.4, 0.5) is 0 Å². The molecule has 2 N–H and O–H groups in total. The van der Waals surface area contributed by atoms with E-state index in [1.165, 1.54) is 4.90 Å².